The van der Waals surface area contributed by atoms with Crippen molar-refractivity contribution < 1.29 is 9.55 Å². The van der Waals surface area contributed by atoms with E-state index < -0.39 is 4.92 Å². The van der Waals surface area contributed by atoms with Gasteiger partial charge in [-0.3, -0.25) is 10.1 Å². The van der Waals surface area contributed by atoms with E-state index in [0.717, 1.165) is 6.54 Å². The summed E-state index contributed by atoms with van der Waals surface area (Å²) in [6.45, 7) is 1.54. The highest BCUT2D eigenvalue weighted by Gasteiger charge is 2.19. The normalized spacial score (nSPS) is 11.1. The number of hydrogen-bond acceptors (Lipinski definition) is 7. The molecular weight excluding hydrogens is 238 g/mol. The molecule has 0 aliphatic carbocycles. The van der Waals surface area contributed by atoms with Crippen LogP contribution in [0.25, 0.3) is 11.0 Å². The molecule has 0 fully saturated rings. The summed E-state index contributed by atoms with van der Waals surface area (Å²) in [7, 11) is 3.93. The molecule has 2 aromatic rings. The van der Waals surface area contributed by atoms with E-state index in [1.807, 2.05) is 19.0 Å². The Labute approximate surface area is 103 Å². The van der Waals surface area contributed by atoms with Gasteiger partial charge in [0, 0.05) is 19.2 Å². The largest absolute Gasteiger partial charge is 0.382 e. The second-order valence-corrected chi connectivity index (χ2v) is 4.08. The predicted molar refractivity (Wildman–Crippen MR) is 65.5 cm³/mol. The lowest BCUT2D eigenvalue weighted by molar-refractivity contribution is -0.383. The van der Waals surface area contributed by atoms with Crippen molar-refractivity contribution in [3.8, 4) is 0 Å². The zero-order chi connectivity index (χ0) is 13.1. The van der Waals surface area contributed by atoms with Crippen LogP contribution in [0.1, 0.15) is 0 Å². The second kappa shape index (κ2) is 4.96. The van der Waals surface area contributed by atoms with Gasteiger partial charge in [-0.15, -0.1) is 0 Å². The molecule has 0 aliphatic heterocycles. The van der Waals surface area contributed by atoms with E-state index in [2.05, 4.69) is 20.3 Å². The predicted octanol–water partition coefficient (Wildman–Crippen LogP) is 1.10. The highest BCUT2D eigenvalue weighted by Crippen LogP contribution is 2.28. The number of nitrogens with one attached hydrogen (secondary N) is 1. The average Bonchev–Trinajstić information content (AvgIpc) is 2.77. The van der Waals surface area contributed by atoms with Crippen LogP contribution in [0.15, 0.2) is 16.8 Å². The molecule has 0 atom stereocenters. The highest BCUT2D eigenvalue weighted by atomic mass is 16.6. The molecule has 0 amide bonds. The summed E-state index contributed by atoms with van der Waals surface area (Å²) in [6.07, 6.45) is 0. The van der Waals surface area contributed by atoms with Gasteiger partial charge in [-0.2, -0.15) is 0 Å². The standard InChI is InChI=1S/C10H13N5O3/c1-14(2)6-5-11-7-3-4-8(15(16)17)10-9(7)12-18-13-10/h3-4,11H,5-6H2,1-2H3. The van der Waals surface area contributed by atoms with Gasteiger partial charge >= 0.3 is 5.69 Å². The van der Waals surface area contributed by atoms with Crippen molar-refractivity contribution in [2.24, 2.45) is 0 Å². The van der Waals surface area contributed by atoms with E-state index >= 15 is 0 Å². The number of anilines is 1. The Hall–Kier alpha value is -2.22. The van der Waals surface area contributed by atoms with Crippen LogP contribution < -0.4 is 5.32 Å². The van der Waals surface area contributed by atoms with Crippen molar-refractivity contribution in [2.75, 3.05) is 32.5 Å². The minimum atomic E-state index is -0.504. The molecular formula is C10H13N5O3. The molecule has 8 heteroatoms. The number of likely N-dealkylation sites (N-methyl/N-ethyl adjacent to an activating group) is 1. The molecule has 0 saturated heterocycles. The average molecular weight is 251 g/mol. The number of rotatable bonds is 5. The van der Waals surface area contributed by atoms with Crippen LogP contribution in [0.4, 0.5) is 11.4 Å². The third kappa shape index (κ3) is 2.38. The lowest BCUT2D eigenvalue weighted by atomic mass is 10.2. The van der Waals surface area contributed by atoms with Crippen LogP contribution in [-0.4, -0.2) is 47.3 Å². The summed E-state index contributed by atoms with van der Waals surface area (Å²) in [5, 5.41) is 21.2. The first-order valence-electron chi connectivity index (χ1n) is 5.38. The molecule has 96 valence electrons. The maximum absolute atomic E-state index is 10.8. The van der Waals surface area contributed by atoms with E-state index in [1.54, 1.807) is 6.07 Å². The zero-order valence-electron chi connectivity index (χ0n) is 10.1. The number of nitro groups is 1. The molecule has 1 heterocycles. The minimum Gasteiger partial charge on any atom is -0.382 e. The van der Waals surface area contributed by atoms with Crippen molar-refractivity contribution in [3.05, 3.63) is 22.2 Å². The van der Waals surface area contributed by atoms with Gasteiger partial charge in [0.2, 0.25) is 5.52 Å². The molecule has 0 spiro atoms. The lowest BCUT2D eigenvalue weighted by Crippen LogP contribution is -2.20. The second-order valence-electron chi connectivity index (χ2n) is 4.08. The lowest BCUT2D eigenvalue weighted by Gasteiger charge is -2.11. The molecule has 1 aromatic heterocycles. The maximum atomic E-state index is 10.8. The summed E-state index contributed by atoms with van der Waals surface area (Å²) >= 11 is 0. The van der Waals surface area contributed by atoms with Crippen LogP contribution >= 0.6 is 0 Å². The van der Waals surface area contributed by atoms with Crippen LogP contribution in [0.2, 0.25) is 0 Å². The van der Waals surface area contributed by atoms with Gasteiger partial charge in [-0.25, -0.2) is 4.63 Å². The maximum Gasteiger partial charge on any atom is 0.300 e. The Kier molecular flexibility index (Phi) is 3.38. The zero-order valence-corrected chi connectivity index (χ0v) is 10.1. The van der Waals surface area contributed by atoms with E-state index in [0.29, 0.717) is 17.7 Å². The molecule has 0 radical (unpaired) electrons. The van der Waals surface area contributed by atoms with Crippen LogP contribution in [-0.2, 0) is 0 Å². The Morgan fingerprint density at radius 1 is 1.39 bits per heavy atom. The van der Waals surface area contributed by atoms with Gasteiger partial charge < -0.3 is 10.2 Å². The van der Waals surface area contributed by atoms with E-state index in [-0.39, 0.29) is 11.2 Å². The van der Waals surface area contributed by atoms with Gasteiger partial charge in [-0.1, -0.05) is 0 Å². The van der Waals surface area contributed by atoms with Gasteiger partial charge in [0.15, 0.2) is 5.52 Å². The number of hydrogen-bond donors (Lipinski definition) is 1. The first kappa shape index (κ1) is 12.2. The summed E-state index contributed by atoms with van der Waals surface area (Å²) in [5.74, 6) is 0. The monoisotopic (exact) mass is 251 g/mol. The van der Waals surface area contributed by atoms with E-state index in [4.69, 9.17) is 0 Å². The van der Waals surface area contributed by atoms with Crippen molar-refractivity contribution in [1.29, 1.82) is 0 Å². The molecule has 18 heavy (non-hydrogen) atoms. The van der Waals surface area contributed by atoms with Crippen molar-refractivity contribution in [2.45, 2.75) is 0 Å². The molecule has 0 unspecified atom stereocenters. The fraction of sp³-hybridized carbons (Fsp3) is 0.400. The number of benzene rings is 1. The van der Waals surface area contributed by atoms with Gasteiger partial charge in [0.25, 0.3) is 0 Å². The summed E-state index contributed by atoms with van der Waals surface area (Å²) in [5.41, 5.74) is 1.11. The number of nitro benzene ring substituents is 1. The fourth-order valence-electron chi connectivity index (χ4n) is 1.56. The van der Waals surface area contributed by atoms with Gasteiger partial charge in [0.05, 0.1) is 10.6 Å². The molecule has 0 saturated carbocycles. The summed E-state index contributed by atoms with van der Waals surface area (Å²) in [4.78, 5) is 12.3. The summed E-state index contributed by atoms with van der Waals surface area (Å²) < 4.78 is 4.57. The summed E-state index contributed by atoms with van der Waals surface area (Å²) in [6, 6.07) is 3.00. The topological polar surface area (TPSA) is 97.3 Å². The van der Waals surface area contributed by atoms with Crippen LogP contribution in [0.3, 0.4) is 0 Å². The highest BCUT2D eigenvalue weighted by molar-refractivity contribution is 5.93. The van der Waals surface area contributed by atoms with Gasteiger partial charge in [0.1, 0.15) is 0 Å². The van der Waals surface area contributed by atoms with Gasteiger partial charge in [-0.05, 0) is 30.5 Å². The van der Waals surface area contributed by atoms with Crippen molar-refractivity contribution in [3.63, 3.8) is 0 Å². The molecule has 0 bridgehead atoms. The first-order valence-corrected chi connectivity index (χ1v) is 5.38. The molecule has 2 rings (SSSR count). The number of nitrogens with zero attached hydrogens (tertiary/aromatic N) is 4. The molecule has 8 nitrogen and oxygen atoms in total. The molecule has 1 aromatic carbocycles. The third-order valence-corrected chi connectivity index (χ3v) is 2.47. The SMILES string of the molecule is CN(C)CCNc1ccc([N+](=O)[O-])c2nonc12. The number of non-ortho nitro benzene ring substituents is 1. The quantitative estimate of drug-likeness (QED) is 0.627. The van der Waals surface area contributed by atoms with Crippen molar-refractivity contribution >= 4 is 22.4 Å². The van der Waals surface area contributed by atoms with Crippen LogP contribution in [0.5, 0.6) is 0 Å². The smallest absolute Gasteiger partial charge is 0.300 e. The van der Waals surface area contributed by atoms with E-state index in [1.165, 1.54) is 6.07 Å². The first-order chi connectivity index (χ1) is 8.59. The Balaban J connectivity index is 2.27. The number of aromatic nitrogens is 2. The Bertz CT molecular complexity index is 566. The number of fused-ring (bicyclic) bond motifs is 1. The minimum absolute atomic E-state index is 0.107. The van der Waals surface area contributed by atoms with Crippen molar-refractivity contribution in [1.82, 2.24) is 15.2 Å². The Morgan fingerprint density at radius 3 is 2.78 bits per heavy atom. The Morgan fingerprint density at radius 2 is 2.11 bits per heavy atom. The molecule has 1 N–H and O–H groups in total. The van der Waals surface area contributed by atoms with Crippen LogP contribution in [0, 0.1) is 10.1 Å². The third-order valence-electron chi connectivity index (χ3n) is 2.47. The molecule has 0 aliphatic rings. The van der Waals surface area contributed by atoms with E-state index in [9.17, 15) is 10.1 Å². The fourth-order valence-corrected chi connectivity index (χ4v) is 1.56.